The van der Waals surface area contributed by atoms with Gasteiger partial charge in [0, 0.05) is 5.92 Å². The number of benzene rings is 1. The zero-order valence-corrected chi connectivity index (χ0v) is 15.3. The van der Waals surface area contributed by atoms with Crippen molar-refractivity contribution in [2.45, 2.75) is 25.8 Å². The summed E-state index contributed by atoms with van der Waals surface area (Å²) in [5.74, 6) is 1.89. The SMILES string of the molecule is O=C(NCc1ccc(-c2nc3ccccc3s2)o1)C1CC12CCNCC2. The summed E-state index contributed by atoms with van der Waals surface area (Å²) < 4.78 is 7.06. The zero-order valence-electron chi connectivity index (χ0n) is 14.5. The highest BCUT2D eigenvalue weighted by atomic mass is 32.1. The standard InChI is InChI=1S/C20H21N3O2S/c24-18(14-11-20(14)7-9-21-10-8-20)22-12-13-5-6-16(25-13)19-23-15-3-1-2-4-17(15)26-19/h1-6,14,21H,7-12H2,(H,22,24). The van der Waals surface area contributed by atoms with Gasteiger partial charge >= 0.3 is 0 Å². The summed E-state index contributed by atoms with van der Waals surface area (Å²) in [6, 6.07) is 11.9. The van der Waals surface area contributed by atoms with Gasteiger partial charge in [0.1, 0.15) is 5.76 Å². The van der Waals surface area contributed by atoms with E-state index >= 15 is 0 Å². The van der Waals surface area contributed by atoms with Gasteiger partial charge < -0.3 is 15.1 Å². The van der Waals surface area contributed by atoms with Crippen LogP contribution >= 0.6 is 11.3 Å². The number of para-hydroxylation sites is 1. The average molecular weight is 367 g/mol. The molecule has 1 unspecified atom stereocenters. The summed E-state index contributed by atoms with van der Waals surface area (Å²) in [5.41, 5.74) is 1.25. The Morgan fingerprint density at radius 2 is 2.12 bits per heavy atom. The molecule has 2 aromatic heterocycles. The fourth-order valence-electron chi connectivity index (χ4n) is 4.06. The van der Waals surface area contributed by atoms with Gasteiger partial charge in [-0.1, -0.05) is 12.1 Å². The first-order valence-electron chi connectivity index (χ1n) is 9.17. The number of rotatable bonds is 4. The lowest BCUT2D eigenvalue weighted by Gasteiger charge is -2.23. The van der Waals surface area contributed by atoms with Gasteiger partial charge in [0.05, 0.1) is 16.8 Å². The topological polar surface area (TPSA) is 67.2 Å². The lowest BCUT2D eigenvalue weighted by molar-refractivity contribution is -0.123. The molecule has 2 fully saturated rings. The summed E-state index contributed by atoms with van der Waals surface area (Å²) in [6.07, 6.45) is 3.27. The van der Waals surface area contributed by atoms with Crippen LogP contribution in [0.25, 0.3) is 21.0 Å². The van der Waals surface area contributed by atoms with Gasteiger partial charge in [-0.15, -0.1) is 11.3 Å². The fourth-order valence-corrected chi connectivity index (χ4v) is 4.99. The molecule has 0 bridgehead atoms. The van der Waals surface area contributed by atoms with Crippen molar-refractivity contribution in [2.24, 2.45) is 11.3 Å². The van der Waals surface area contributed by atoms with E-state index in [-0.39, 0.29) is 17.2 Å². The Hall–Kier alpha value is -2.18. The third-order valence-electron chi connectivity index (χ3n) is 5.71. The van der Waals surface area contributed by atoms with Crippen LogP contribution in [0.15, 0.2) is 40.8 Å². The predicted molar refractivity (Wildman–Crippen MR) is 102 cm³/mol. The van der Waals surface area contributed by atoms with Gasteiger partial charge in [0.15, 0.2) is 10.8 Å². The third-order valence-corrected chi connectivity index (χ3v) is 6.76. The quantitative estimate of drug-likeness (QED) is 0.740. The lowest BCUT2D eigenvalue weighted by Crippen LogP contribution is -2.33. The van der Waals surface area contributed by atoms with E-state index in [0.717, 1.165) is 59.1 Å². The maximum atomic E-state index is 12.5. The normalized spacial score (nSPS) is 21.2. The van der Waals surface area contributed by atoms with Crippen LogP contribution in [0.2, 0.25) is 0 Å². The number of thiazole rings is 1. The number of amides is 1. The maximum Gasteiger partial charge on any atom is 0.224 e. The fraction of sp³-hybridized carbons (Fsp3) is 0.400. The van der Waals surface area contributed by atoms with E-state index in [0.29, 0.717) is 6.54 Å². The number of hydrogen-bond acceptors (Lipinski definition) is 5. The van der Waals surface area contributed by atoms with Gasteiger partial charge in [0.2, 0.25) is 5.91 Å². The minimum absolute atomic E-state index is 0.171. The summed E-state index contributed by atoms with van der Waals surface area (Å²) >= 11 is 1.62. The van der Waals surface area contributed by atoms with Gasteiger partial charge in [0.25, 0.3) is 0 Å². The van der Waals surface area contributed by atoms with E-state index in [1.807, 2.05) is 30.3 Å². The maximum absolute atomic E-state index is 12.5. The molecule has 3 heterocycles. The number of hydrogen-bond donors (Lipinski definition) is 2. The van der Waals surface area contributed by atoms with E-state index in [9.17, 15) is 4.79 Å². The van der Waals surface area contributed by atoms with Crippen molar-refractivity contribution in [3.8, 4) is 10.8 Å². The Morgan fingerprint density at radius 3 is 2.96 bits per heavy atom. The van der Waals surface area contributed by atoms with Gasteiger partial charge in [-0.2, -0.15) is 0 Å². The van der Waals surface area contributed by atoms with Crippen molar-refractivity contribution in [1.29, 1.82) is 0 Å². The number of carbonyl (C=O) groups excluding carboxylic acids is 1. The Balaban J connectivity index is 1.23. The lowest BCUT2D eigenvalue weighted by atomic mass is 9.92. The smallest absolute Gasteiger partial charge is 0.224 e. The first kappa shape index (κ1) is 16.0. The molecule has 2 aliphatic rings. The molecule has 1 aromatic carbocycles. The molecular weight excluding hydrogens is 346 g/mol. The molecule has 1 spiro atoms. The molecule has 6 heteroatoms. The van der Waals surface area contributed by atoms with E-state index in [1.54, 1.807) is 11.3 Å². The molecule has 1 amide bonds. The number of nitrogens with zero attached hydrogens (tertiary/aromatic N) is 1. The summed E-state index contributed by atoms with van der Waals surface area (Å²) in [4.78, 5) is 17.1. The van der Waals surface area contributed by atoms with Crippen molar-refractivity contribution < 1.29 is 9.21 Å². The average Bonchev–Trinajstić information content (AvgIpc) is 3.05. The number of nitrogens with one attached hydrogen (secondary N) is 2. The predicted octanol–water partition coefficient (Wildman–Crippen LogP) is 3.56. The van der Waals surface area contributed by atoms with Crippen LogP contribution in [0.5, 0.6) is 0 Å². The summed E-state index contributed by atoms with van der Waals surface area (Å²) in [5, 5.41) is 7.30. The van der Waals surface area contributed by atoms with Crippen molar-refractivity contribution >= 4 is 27.5 Å². The highest BCUT2D eigenvalue weighted by molar-refractivity contribution is 7.21. The van der Waals surface area contributed by atoms with Gasteiger partial charge in [-0.3, -0.25) is 4.79 Å². The van der Waals surface area contributed by atoms with Crippen LogP contribution in [-0.2, 0) is 11.3 Å². The molecule has 1 atom stereocenters. The number of furan rings is 1. The van der Waals surface area contributed by atoms with Crippen LogP contribution in [0.3, 0.4) is 0 Å². The molecule has 5 nitrogen and oxygen atoms in total. The first-order chi connectivity index (χ1) is 12.7. The molecule has 5 rings (SSSR count). The highest BCUT2D eigenvalue weighted by Gasteiger charge is 2.57. The second-order valence-corrected chi connectivity index (χ2v) is 8.37. The Kier molecular flexibility index (Phi) is 3.83. The number of aromatic nitrogens is 1. The highest BCUT2D eigenvalue weighted by Crippen LogP contribution is 2.58. The molecule has 1 aliphatic carbocycles. The van der Waals surface area contributed by atoms with Crippen LogP contribution < -0.4 is 10.6 Å². The molecule has 2 N–H and O–H groups in total. The van der Waals surface area contributed by atoms with Crippen LogP contribution in [0.1, 0.15) is 25.0 Å². The Morgan fingerprint density at radius 1 is 1.27 bits per heavy atom. The number of fused-ring (bicyclic) bond motifs is 1. The van der Waals surface area contributed by atoms with Crippen molar-refractivity contribution in [1.82, 2.24) is 15.6 Å². The molecule has 0 radical (unpaired) electrons. The third kappa shape index (κ3) is 2.83. The number of carbonyl (C=O) groups is 1. The Labute approximate surface area is 155 Å². The summed E-state index contributed by atoms with van der Waals surface area (Å²) in [7, 11) is 0. The zero-order chi connectivity index (χ0) is 17.6. The summed E-state index contributed by atoms with van der Waals surface area (Å²) in [6.45, 7) is 2.51. The first-order valence-corrected chi connectivity index (χ1v) is 9.98. The minimum atomic E-state index is 0.171. The largest absolute Gasteiger partial charge is 0.457 e. The Bertz CT molecular complexity index is 922. The minimum Gasteiger partial charge on any atom is -0.457 e. The van der Waals surface area contributed by atoms with Crippen LogP contribution in [-0.4, -0.2) is 24.0 Å². The van der Waals surface area contributed by atoms with Crippen LogP contribution in [0, 0.1) is 11.3 Å². The van der Waals surface area contributed by atoms with E-state index in [1.165, 1.54) is 0 Å². The second kappa shape index (κ2) is 6.21. The van der Waals surface area contributed by atoms with E-state index in [4.69, 9.17) is 4.42 Å². The molecular formula is C20H21N3O2S. The van der Waals surface area contributed by atoms with Crippen molar-refractivity contribution in [3.63, 3.8) is 0 Å². The van der Waals surface area contributed by atoms with Gasteiger partial charge in [-0.25, -0.2) is 4.98 Å². The molecule has 26 heavy (non-hydrogen) atoms. The van der Waals surface area contributed by atoms with E-state index < -0.39 is 0 Å². The second-order valence-electron chi connectivity index (χ2n) is 7.34. The molecule has 3 aromatic rings. The van der Waals surface area contributed by atoms with Crippen molar-refractivity contribution in [2.75, 3.05) is 13.1 Å². The van der Waals surface area contributed by atoms with E-state index in [2.05, 4.69) is 21.7 Å². The monoisotopic (exact) mass is 367 g/mol. The molecule has 1 saturated heterocycles. The van der Waals surface area contributed by atoms with Gasteiger partial charge in [-0.05, 0) is 62.0 Å². The van der Waals surface area contributed by atoms with Crippen molar-refractivity contribution in [3.05, 3.63) is 42.2 Å². The molecule has 1 saturated carbocycles. The number of piperidine rings is 1. The molecule has 134 valence electrons. The molecule has 1 aliphatic heterocycles. The van der Waals surface area contributed by atoms with Crippen LogP contribution in [0.4, 0.5) is 0 Å².